The van der Waals surface area contributed by atoms with E-state index < -0.39 is 0 Å². The molecular formula is C15H20ClN3O2. The fourth-order valence-corrected chi connectivity index (χ4v) is 1.77. The van der Waals surface area contributed by atoms with Crippen molar-refractivity contribution >= 4 is 18.2 Å². The van der Waals surface area contributed by atoms with E-state index in [-0.39, 0.29) is 30.3 Å². The van der Waals surface area contributed by atoms with Crippen molar-refractivity contribution in [3.63, 3.8) is 0 Å². The van der Waals surface area contributed by atoms with Crippen LogP contribution in [0.25, 0.3) is 6.08 Å². The lowest BCUT2D eigenvalue weighted by atomic mass is 10.1. The molecule has 1 amide bonds. The second-order valence-corrected chi connectivity index (χ2v) is 5.13. The molecule has 1 atom stereocenters. The number of fused-ring (bicyclic) bond motifs is 1. The molecule has 0 saturated heterocycles. The van der Waals surface area contributed by atoms with Gasteiger partial charge in [0.1, 0.15) is 12.4 Å². The Balaban J connectivity index is 0.00000220. The van der Waals surface area contributed by atoms with Crippen LogP contribution in [-0.4, -0.2) is 24.8 Å². The number of amides is 1. The minimum Gasteiger partial charge on any atom is -1.00 e. The molecule has 1 heterocycles. The van der Waals surface area contributed by atoms with Crippen molar-refractivity contribution in [2.75, 3.05) is 6.61 Å². The topological polar surface area (TPSA) is 78.3 Å². The molecule has 1 aromatic carbocycles. The number of nitrogens with one attached hydrogen (secondary N) is 1. The number of rotatable bonds is 4. The zero-order chi connectivity index (χ0) is 14.5. The van der Waals surface area contributed by atoms with Crippen LogP contribution in [0.3, 0.4) is 0 Å². The Bertz CT molecular complexity index is 556. The van der Waals surface area contributed by atoms with Crippen LogP contribution in [0.5, 0.6) is 5.75 Å². The quantitative estimate of drug-likeness (QED) is 0.491. The Kier molecular flexibility index (Phi) is 6.39. The van der Waals surface area contributed by atoms with E-state index in [1.807, 2.05) is 44.2 Å². The highest BCUT2D eigenvalue weighted by atomic mass is 35.5. The van der Waals surface area contributed by atoms with Crippen LogP contribution in [0, 0.1) is 5.92 Å². The molecule has 0 spiro atoms. The summed E-state index contributed by atoms with van der Waals surface area (Å²) in [7, 11) is 0. The van der Waals surface area contributed by atoms with Gasteiger partial charge in [0.2, 0.25) is 0 Å². The van der Waals surface area contributed by atoms with Gasteiger partial charge in [-0.2, -0.15) is 5.10 Å². The van der Waals surface area contributed by atoms with Crippen LogP contribution in [0.15, 0.2) is 34.9 Å². The molecule has 5 nitrogen and oxygen atoms in total. The van der Waals surface area contributed by atoms with Gasteiger partial charge in [0.25, 0.3) is 5.91 Å². The summed E-state index contributed by atoms with van der Waals surface area (Å²) in [5.41, 5.74) is 8.24. The number of hydrogen-bond donors (Lipinski definition) is 2. The molecule has 114 valence electrons. The van der Waals surface area contributed by atoms with Gasteiger partial charge in [-0.3, -0.25) is 4.79 Å². The maximum absolute atomic E-state index is 11.7. The average molecular weight is 310 g/mol. The van der Waals surface area contributed by atoms with Gasteiger partial charge in [0.15, 0.2) is 6.04 Å². The standard InChI is InChI=1S/C15H19N3O2.ClH/c1-10(2)14(16)15(19)18-17-8-11-7-12-5-3-4-6-13(12)20-9-11;/h3-8,10,14H,9,16H2,1-2H3,(H,18,19);1H/t14-;/m1./s1. The number of carbonyl (C=O) groups is 1. The SMILES string of the molecule is CC(C)[C@@H]([NH3+])C(=O)NN=CC1=Cc2ccccc2OC1.[Cl-]. The monoisotopic (exact) mass is 309 g/mol. The second kappa shape index (κ2) is 7.81. The van der Waals surface area contributed by atoms with Crippen LogP contribution in [0.4, 0.5) is 0 Å². The maximum atomic E-state index is 11.7. The Morgan fingerprint density at radius 2 is 2.14 bits per heavy atom. The van der Waals surface area contributed by atoms with E-state index >= 15 is 0 Å². The molecule has 0 bridgehead atoms. The first kappa shape index (κ1) is 17.2. The van der Waals surface area contributed by atoms with Crippen LogP contribution in [0.1, 0.15) is 19.4 Å². The highest BCUT2D eigenvalue weighted by molar-refractivity contribution is 5.89. The van der Waals surface area contributed by atoms with Crippen molar-refractivity contribution in [3.8, 4) is 5.75 Å². The van der Waals surface area contributed by atoms with Crippen LogP contribution in [-0.2, 0) is 4.79 Å². The lowest BCUT2D eigenvalue weighted by Gasteiger charge is -2.15. The minimum atomic E-state index is -0.301. The maximum Gasteiger partial charge on any atom is 0.298 e. The van der Waals surface area contributed by atoms with Crippen molar-refractivity contribution in [3.05, 3.63) is 35.4 Å². The normalized spacial score (nSPS) is 14.8. The van der Waals surface area contributed by atoms with Gasteiger partial charge in [0.05, 0.1) is 6.21 Å². The molecule has 1 aromatic rings. The molecular weight excluding hydrogens is 290 g/mol. The number of carbonyl (C=O) groups excluding carboxylic acids is 1. The molecule has 0 fully saturated rings. The number of quaternary nitrogens is 1. The summed E-state index contributed by atoms with van der Waals surface area (Å²) in [4.78, 5) is 11.7. The van der Waals surface area contributed by atoms with E-state index in [0.29, 0.717) is 6.61 Å². The predicted octanol–water partition coefficient (Wildman–Crippen LogP) is -2.17. The van der Waals surface area contributed by atoms with Gasteiger partial charge in [-0.15, -0.1) is 0 Å². The van der Waals surface area contributed by atoms with E-state index in [0.717, 1.165) is 16.9 Å². The number of benzene rings is 1. The van der Waals surface area contributed by atoms with Gasteiger partial charge >= 0.3 is 0 Å². The second-order valence-electron chi connectivity index (χ2n) is 5.13. The summed E-state index contributed by atoms with van der Waals surface area (Å²) in [5.74, 6) is 0.884. The first-order chi connectivity index (χ1) is 9.58. The summed E-state index contributed by atoms with van der Waals surface area (Å²) in [6.45, 7) is 4.36. The first-order valence-electron chi connectivity index (χ1n) is 6.66. The Hall–Kier alpha value is -1.85. The van der Waals surface area contributed by atoms with E-state index in [1.165, 1.54) is 0 Å². The largest absolute Gasteiger partial charge is 1.00 e. The minimum absolute atomic E-state index is 0. The summed E-state index contributed by atoms with van der Waals surface area (Å²) < 4.78 is 5.59. The van der Waals surface area contributed by atoms with Gasteiger partial charge in [-0.05, 0) is 12.1 Å². The molecule has 0 aliphatic carbocycles. The highest BCUT2D eigenvalue weighted by Gasteiger charge is 2.20. The molecule has 0 saturated carbocycles. The zero-order valence-corrected chi connectivity index (χ0v) is 12.9. The van der Waals surface area contributed by atoms with E-state index in [4.69, 9.17) is 4.74 Å². The number of halogens is 1. The lowest BCUT2D eigenvalue weighted by Crippen LogP contribution is -3.00. The molecule has 0 aromatic heterocycles. The van der Waals surface area contributed by atoms with Crippen molar-refractivity contribution in [2.45, 2.75) is 19.9 Å². The van der Waals surface area contributed by atoms with Crippen molar-refractivity contribution < 1.29 is 27.7 Å². The van der Waals surface area contributed by atoms with Crippen molar-refractivity contribution in [1.82, 2.24) is 5.43 Å². The molecule has 6 heteroatoms. The third-order valence-corrected chi connectivity index (χ3v) is 3.20. The molecule has 2 rings (SSSR count). The molecule has 4 N–H and O–H groups in total. The van der Waals surface area contributed by atoms with Gasteiger partial charge in [-0.25, -0.2) is 5.43 Å². The fraction of sp³-hybridized carbons (Fsp3) is 0.333. The van der Waals surface area contributed by atoms with Gasteiger partial charge in [0, 0.05) is 17.1 Å². The summed E-state index contributed by atoms with van der Waals surface area (Å²) in [6.07, 6.45) is 3.61. The number of ether oxygens (including phenoxy) is 1. The Labute approximate surface area is 130 Å². The van der Waals surface area contributed by atoms with Gasteiger partial charge < -0.3 is 22.9 Å². The van der Waals surface area contributed by atoms with Crippen LogP contribution in [0.2, 0.25) is 0 Å². The summed E-state index contributed by atoms with van der Waals surface area (Å²) in [6, 6.07) is 7.50. The number of hydrogen-bond acceptors (Lipinski definition) is 3. The lowest BCUT2D eigenvalue weighted by molar-refractivity contribution is -0.414. The fourth-order valence-electron chi connectivity index (χ4n) is 1.77. The molecule has 21 heavy (non-hydrogen) atoms. The highest BCUT2D eigenvalue weighted by Crippen LogP contribution is 2.24. The number of para-hydroxylation sites is 1. The van der Waals surface area contributed by atoms with E-state index in [9.17, 15) is 4.79 Å². The zero-order valence-electron chi connectivity index (χ0n) is 12.2. The molecule has 0 unspecified atom stereocenters. The number of hydrazone groups is 1. The molecule has 1 aliphatic rings. The Morgan fingerprint density at radius 1 is 1.43 bits per heavy atom. The van der Waals surface area contributed by atoms with Gasteiger partial charge in [-0.1, -0.05) is 32.0 Å². The van der Waals surface area contributed by atoms with Crippen LogP contribution < -0.4 is 28.3 Å². The molecule has 1 aliphatic heterocycles. The predicted molar refractivity (Wildman–Crippen MR) is 78.1 cm³/mol. The Morgan fingerprint density at radius 3 is 2.86 bits per heavy atom. The average Bonchev–Trinajstić information content (AvgIpc) is 2.46. The first-order valence-corrected chi connectivity index (χ1v) is 6.66. The van der Waals surface area contributed by atoms with Crippen molar-refractivity contribution in [2.24, 2.45) is 11.0 Å². The molecule has 0 radical (unpaired) electrons. The number of nitrogens with zero attached hydrogens (tertiary/aromatic N) is 1. The third-order valence-electron chi connectivity index (χ3n) is 3.20. The smallest absolute Gasteiger partial charge is 0.298 e. The third kappa shape index (κ3) is 4.58. The van der Waals surface area contributed by atoms with Crippen LogP contribution >= 0.6 is 0 Å². The van der Waals surface area contributed by atoms with E-state index in [2.05, 4.69) is 16.3 Å². The summed E-state index contributed by atoms with van der Waals surface area (Å²) in [5, 5.41) is 3.96. The van der Waals surface area contributed by atoms with Crippen molar-refractivity contribution in [1.29, 1.82) is 0 Å². The summed E-state index contributed by atoms with van der Waals surface area (Å²) >= 11 is 0. The van der Waals surface area contributed by atoms with E-state index in [1.54, 1.807) is 6.21 Å².